The van der Waals surface area contributed by atoms with Crippen LogP contribution in [0, 0.1) is 0 Å². The van der Waals surface area contributed by atoms with Crippen molar-refractivity contribution in [2.24, 2.45) is 0 Å². The van der Waals surface area contributed by atoms with Crippen LogP contribution < -0.4 is 20.1 Å². The standard InChI is InChI=1S/C18H21ClN2O3/c1-4-15(12-5-7-13(19)8-6-12)20-18(22)21-16-10-9-14(23-2)11-17(16)24-3/h5-11,15H,4H2,1-3H3,(H2,20,21,22). The number of urea groups is 1. The minimum atomic E-state index is -0.305. The summed E-state index contributed by atoms with van der Waals surface area (Å²) in [6, 6.07) is 12.2. The second kappa shape index (κ2) is 8.45. The van der Waals surface area contributed by atoms with E-state index in [1.54, 1.807) is 32.4 Å². The number of amides is 2. The number of hydrogen-bond donors (Lipinski definition) is 2. The second-order valence-corrected chi connectivity index (χ2v) is 5.61. The van der Waals surface area contributed by atoms with E-state index in [1.807, 2.05) is 31.2 Å². The topological polar surface area (TPSA) is 59.6 Å². The van der Waals surface area contributed by atoms with Crippen LogP contribution >= 0.6 is 11.6 Å². The molecule has 0 aliphatic rings. The van der Waals surface area contributed by atoms with Gasteiger partial charge in [-0.3, -0.25) is 0 Å². The fourth-order valence-electron chi connectivity index (χ4n) is 2.33. The smallest absolute Gasteiger partial charge is 0.319 e. The number of ether oxygens (including phenoxy) is 2. The molecule has 2 aromatic carbocycles. The van der Waals surface area contributed by atoms with Crippen LogP contribution in [0.1, 0.15) is 24.9 Å². The molecule has 0 saturated carbocycles. The molecule has 2 aromatic rings. The Morgan fingerprint density at radius 1 is 1.12 bits per heavy atom. The molecule has 1 unspecified atom stereocenters. The maximum absolute atomic E-state index is 12.3. The van der Waals surface area contributed by atoms with Crippen molar-refractivity contribution in [3.63, 3.8) is 0 Å². The van der Waals surface area contributed by atoms with Crippen molar-refractivity contribution in [2.75, 3.05) is 19.5 Å². The highest BCUT2D eigenvalue weighted by molar-refractivity contribution is 6.30. The lowest BCUT2D eigenvalue weighted by Gasteiger charge is -2.19. The van der Waals surface area contributed by atoms with E-state index < -0.39 is 0 Å². The molecule has 0 fully saturated rings. The Hall–Kier alpha value is -2.40. The number of halogens is 1. The molecule has 0 heterocycles. The average molecular weight is 349 g/mol. The number of anilines is 1. The molecule has 0 aromatic heterocycles. The van der Waals surface area contributed by atoms with Gasteiger partial charge in [-0.25, -0.2) is 4.79 Å². The highest BCUT2D eigenvalue weighted by atomic mass is 35.5. The van der Waals surface area contributed by atoms with Gasteiger partial charge < -0.3 is 20.1 Å². The molecular weight excluding hydrogens is 328 g/mol. The SMILES string of the molecule is CCC(NC(=O)Nc1ccc(OC)cc1OC)c1ccc(Cl)cc1. The maximum Gasteiger partial charge on any atom is 0.319 e. The fraction of sp³-hybridized carbons (Fsp3) is 0.278. The number of hydrogen-bond acceptors (Lipinski definition) is 3. The lowest BCUT2D eigenvalue weighted by Crippen LogP contribution is -2.32. The van der Waals surface area contributed by atoms with Crippen molar-refractivity contribution in [2.45, 2.75) is 19.4 Å². The van der Waals surface area contributed by atoms with Gasteiger partial charge in [-0.1, -0.05) is 30.7 Å². The summed E-state index contributed by atoms with van der Waals surface area (Å²) in [7, 11) is 3.12. The van der Waals surface area contributed by atoms with Crippen LogP contribution in [0.3, 0.4) is 0 Å². The summed E-state index contributed by atoms with van der Waals surface area (Å²) in [6.45, 7) is 2.01. The predicted octanol–water partition coefficient (Wildman–Crippen LogP) is 4.63. The summed E-state index contributed by atoms with van der Waals surface area (Å²) >= 11 is 5.91. The molecule has 0 aliphatic carbocycles. The molecule has 0 saturated heterocycles. The lowest BCUT2D eigenvalue weighted by atomic mass is 10.1. The summed E-state index contributed by atoms with van der Waals surface area (Å²) in [5, 5.41) is 6.42. The first kappa shape index (κ1) is 17.9. The molecule has 5 nitrogen and oxygen atoms in total. The number of rotatable bonds is 6. The van der Waals surface area contributed by atoms with Gasteiger partial charge in [-0.2, -0.15) is 0 Å². The Bertz CT molecular complexity index is 689. The number of methoxy groups -OCH3 is 2. The molecule has 0 aliphatic heterocycles. The van der Waals surface area contributed by atoms with Crippen molar-refractivity contribution in [1.29, 1.82) is 0 Å². The summed E-state index contributed by atoms with van der Waals surface area (Å²) in [5.41, 5.74) is 1.57. The molecule has 0 bridgehead atoms. The molecule has 2 rings (SSSR count). The molecule has 128 valence electrons. The number of carbonyl (C=O) groups is 1. The molecular formula is C18H21ClN2O3. The van der Waals surface area contributed by atoms with E-state index in [1.165, 1.54) is 0 Å². The van der Waals surface area contributed by atoms with Gasteiger partial charge in [0.2, 0.25) is 0 Å². The van der Waals surface area contributed by atoms with Crippen LogP contribution in [0.15, 0.2) is 42.5 Å². The van der Waals surface area contributed by atoms with Gasteiger partial charge in [-0.15, -0.1) is 0 Å². The zero-order valence-corrected chi connectivity index (χ0v) is 14.7. The molecule has 2 N–H and O–H groups in total. The summed E-state index contributed by atoms with van der Waals surface area (Å²) in [4.78, 5) is 12.3. The van der Waals surface area contributed by atoms with Gasteiger partial charge in [0.25, 0.3) is 0 Å². The van der Waals surface area contributed by atoms with Gasteiger partial charge in [0.15, 0.2) is 0 Å². The van der Waals surface area contributed by atoms with E-state index in [0.717, 1.165) is 12.0 Å². The van der Waals surface area contributed by atoms with E-state index >= 15 is 0 Å². The van der Waals surface area contributed by atoms with Gasteiger partial charge in [-0.05, 0) is 36.2 Å². The minimum absolute atomic E-state index is 0.105. The largest absolute Gasteiger partial charge is 0.497 e. The van der Waals surface area contributed by atoms with Crippen molar-refractivity contribution in [1.82, 2.24) is 5.32 Å². The zero-order chi connectivity index (χ0) is 17.5. The van der Waals surface area contributed by atoms with Crippen molar-refractivity contribution < 1.29 is 14.3 Å². The van der Waals surface area contributed by atoms with Crippen molar-refractivity contribution in [3.8, 4) is 11.5 Å². The van der Waals surface area contributed by atoms with Crippen molar-refractivity contribution >= 4 is 23.3 Å². The highest BCUT2D eigenvalue weighted by Crippen LogP contribution is 2.29. The third kappa shape index (κ3) is 4.55. The van der Waals surface area contributed by atoms with Crippen LogP contribution in [-0.4, -0.2) is 20.3 Å². The normalized spacial score (nSPS) is 11.5. The Labute approximate surface area is 146 Å². The third-order valence-electron chi connectivity index (χ3n) is 3.64. The van der Waals surface area contributed by atoms with E-state index in [-0.39, 0.29) is 12.1 Å². The second-order valence-electron chi connectivity index (χ2n) is 5.18. The first-order valence-corrected chi connectivity index (χ1v) is 8.00. The quantitative estimate of drug-likeness (QED) is 0.800. The number of benzene rings is 2. The van der Waals surface area contributed by atoms with Crippen LogP contribution in [0.2, 0.25) is 5.02 Å². The van der Waals surface area contributed by atoms with Gasteiger partial charge in [0.1, 0.15) is 11.5 Å². The monoisotopic (exact) mass is 348 g/mol. The lowest BCUT2D eigenvalue weighted by molar-refractivity contribution is 0.248. The Kier molecular flexibility index (Phi) is 6.32. The Morgan fingerprint density at radius 2 is 1.83 bits per heavy atom. The molecule has 0 radical (unpaired) electrons. The molecule has 24 heavy (non-hydrogen) atoms. The zero-order valence-electron chi connectivity index (χ0n) is 13.9. The molecule has 1 atom stereocenters. The van der Waals surface area contributed by atoms with E-state index in [0.29, 0.717) is 22.2 Å². The maximum atomic E-state index is 12.3. The highest BCUT2D eigenvalue weighted by Gasteiger charge is 2.14. The Morgan fingerprint density at radius 3 is 2.42 bits per heavy atom. The van der Waals surface area contributed by atoms with E-state index in [4.69, 9.17) is 21.1 Å². The first-order chi connectivity index (χ1) is 11.6. The van der Waals surface area contributed by atoms with E-state index in [2.05, 4.69) is 10.6 Å². The number of nitrogens with one attached hydrogen (secondary N) is 2. The fourth-order valence-corrected chi connectivity index (χ4v) is 2.46. The molecule has 6 heteroatoms. The minimum Gasteiger partial charge on any atom is -0.497 e. The molecule has 2 amide bonds. The summed E-state index contributed by atoms with van der Waals surface area (Å²) in [5.74, 6) is 1.19. The predicted molar refractivity (Wildman–Crippen MR) is 96.2 cm³/mol. The van der Waals surface area contributed by atoms with Crippen LogP contribution in [0.25, 0.3) is 0 Å². The summed E-state index contributed by atoms with van der Waals surface area (Å²) in [6.07, 6.45) is 0.759. The van der Waals surface area contributed by atoms with Crippen LogP contribution in [0.4, 0.5) is 10.5 Å². The van der Waals surface area contributed by atoms with Crippen molar-refractivity contribution in [3.05, 3.63) is 53.1 Å². The van der Waals surface area contributed by atoms with Crippen LogP contribution in [0.5, 0.6) is 11.5 Å². The van der Waals surface area contributed by atoms with Gasteiger partial charge in [0.05, 0.1) is 25.9 Å². The summed E-state index contributed by atoms with van der Waals surface area (Å²) < 4.78 is 10.4. The number of carbonyl (C=O) groups excluding carboxylic acids is 1. The van der Waals surface area contributed by atoms with Crippen LogP contribution in [-0.2, 0) is 0 Å². The van der Waals surface area contributed by atoms with E-state index in [9.17, 15) is 4.79 Å². The molecule has 0 spiro atoms. The van der Waals surface area contributed by atoms with Gasteiger partial charge in [0, 0.05) is 11.1 Å². The Balaban J connectivity index is 2.07. The third-order valence-corrected chi connectivity index (χ3v) is 3.89. The first-order valence-electron chi connectivity index (χ1n) is 7.62. The van der Waals surface area contributed by atoms with Gasteiger partial charge >= 0.3 is 6.03 Å². The average Bonchev–Trinajstić information content (AvgIpc) is 2.60.